The van der Waals surface area contributed by atoms with E-state index in [0.29, 0.717) is 0 Å². The summed E-state index contributed by atoms with van der Waals surface area (Å²) in [6.07, 6.45) is 0. The lowest BCUT2D eigenvalue weighted by Crippen LogP contribution is -2.16. The molecule has 298 valence electrons. The molecule has 0 saturated carbocycles. The molecule has 0 saturated heterocycles. The van der Waals surface area contributed by atoms with Gasteiger partial charge in [-0.1, -0.05) is 196 Å². The Morgan fingerprint density at radius 1 is 0.349 bits per heavy atom. The number of aromatic nitrogens is 1. The second-order valence-corrected chi connectivity index (χ2v) is 17.3. The largest absolute Gasteiger partial charge is 0.310 e. The smallest absolute Gasteiger partial charge is 0.0568 e. The Bertz CT molecular complexity index is 3490. The van der Waals surface area contributed by atoms with Crippen LogP contribution in [0.3, 0.4) is 0 Å². The Labute approximate surface area is 368 Å². The van der Waals surface area contributed by atoms with Crippen molar-refractivity contribution < 1.29 is 0 Å². The molecule has 0 spiro atoms. The molecular weight excluding hydrogens is 761 g/mol. The fourth-order valence-corrected chi connectivity index (χ4v) is 10.3. The van der Waals surface area contributed by atoms with Crippen molar-refractivity contribution in [1.29, 1.82) is 0 Å². The molecule has 1 aromatic heterocycles. The van der Waals surface area contributed by atoms with Crippen molar-refractivity contribution in [2.24, 2.45) is 0 Å². The molecule has 0 atom stereocenters. The fourth-order valence-electron chi connectivity index (χ4n) is 10.3. The Morgan fingerprint density at radius 3 is 1.48 bits per heavy atom. The summed E-state index contributed by atoms with van der Waals surface area (Å²) < 4.78 is 2.46. The Morgan fingerprint density at radius 2 is 0.825 bits per heavy atom. The number of hydrogen-bond donors (Lipinski definition) is 0. The molecule has 1 aliphatic rings. The van der Waals surface area contributed by atoms with Crippen molar-refractivity contribution in [2.45, 2.75) is 19.3 Å². The molecule has 10 aromatic carbocycles. The van der Waals surface area contributed by atoms with Crippen LogP contribution in [0.1, 0.15) is 25.0 Å². The summed E-state index contributed by atoms with van der Waals surface area (Å²) in [5, 5.41) is 4.94. The van der Waals surface area contributed by atoms with E-state index in [4.69, 9.17) is 0 Å². The van der Waals surface area contributed by atoms with E-state index in [2.05, 4.69) is 254 Å². The van der Waals surface area contributed by atoms with Crippen LogP contribution in [0.2, 0.25) is 0 Å². The van der Waals surface area contributed by atoms with Crippen molar-refractivity contribution >= 4 is 49.6 Å². The van der Waals surface area contributed by atoms with Crippen LogP contribution in [0.4, 0.5) is 17.1 Å². The number of hydrogen-bond acceptors (Lipinski definition) is 1. The molecule has 0 N–H and O–H groups in total. The highest BCUT2D eigenvalue weighted by atomic mass is 15.1. The molecule has 1 aliphatic carbocycles. The van der Waals surface area contributed by atoms with Gasteiger partial charge in [-0.2, -0.15) is 0 Å². The Balaban J connectivity index is 1.05. The molecule has 0 unspecified atom stereocenters. The number of anilines is 3. The van der Waals surface area contributed by atoms with Crippen LogP contribution in [0.5, 0.6) is 0 Å². The van der Waals surface area contributed by atoms with Gasteiger partial charge in [0.2, 0.25) is 0 Å². The molecule has 1 heterocycles. The molecule has 0 aliphatic heterocycles. The third-order valence-electron chi connectivity index (χ3n) is 13.4. The standard InChI is InChI=1S/C61H44N2/c1-61(2)55-23-13-11-19-50(55)51-38-37-49(39-56(51)61)62(47-33-29-45(30-34-47)42-17-7-4-8-18-42)58-40-59-60(53-21-10-9-20-52(53)58)54-22-12-14-24-57(54)63(59)48-35-31-46(32-36-48)44-27-25-43(26-28-44)41-15-5-3-6-16-41/h3-40H,1-2H3. The average molecular weight is 805 g/mol. The number of benzene rings is 10. The molecule has 2 nitrogen and oxygen atoms in total. The van der Waals surface area contributed by atoms with Gasteiger partial charge >= 0.3 is 0 Å². The van der Waals surface area contributed by atoms with Gasteiger partial charge in [0.25, 0.3) is 0 Å². The van der Waals surface area contributed by atoms with E-state index in [0.717, 1.165) is 22.7 Å². The number of fused-ring (bicyclic) bond motifs is 8. The van der Waals surface area contributed by atoms with Crippen LogP contribution in [-0.4, -0.2) is 4.57 Å². The van der Waals surface area contributed by atoms with E-state index in [1.165, 1.54) is 88.2 Å². The Hall–Kier alpha value is -7.94. The predicted molar refractivity (Wildman–Crippen MR) is 267 cm³/mol. The van der Waals surface area contributed by atoms with Crippen LogP contribution >= 0.6 is 0 Å². The third-order valence-corrected chi connectivity index (χ3v) is 13.4. The first-order valence-electron chi connectivity index (χ1n) is 21.9. The lowest BCUT2D eigenvalue weighted by Gasteiger charge is -2.29. The van der Waals surface area contributed by atoms with Crippen molar-refractivity contribution in [1.82, 2.24) is 4.57 Å². The van der Waals surface area contributed by atoms with Gasteiger partial charge in [0, 0.05) is 38.6 Å². The highest BCUT2D eigenvalue weighted by molar-refractivity contribution is 6.24. The van der Waals surface area contributed by atoms with Gasteiger partial charge in [0.15, 0.2) is 0 Å². The van der Waals surface area contributed by atoms with Gasteiger partial charge in [-0.05, 0) is 110 Å². The van der Waals surface area contributed by atoms with E-state index in [1.54, 1.807) is 0 Å². The normalized spacial score (nSPS) is 12.7. The maximum Gasteiger partial charge on any atom is 0.0568 e. The van der Waals surface area contributed by atoms with Crippen molar-refractivity contribution in [2.75, 3.05) is 4.90 Å². The SMILES string of the molecule is CC1(C)c2ccccc2-c2ccc(N(c3ccc(-c4ccccc4)cc3)c3cc4c(c5ccccc35)c3ccccc3n4-c3ccc(-c4ccc(-c5ccccc5)cc4)cc3)cc21. The summed E-state index contributed by atoms with van der Waals surface area (Å²) in [5.41, 5.74) is 19.3. The van der Waals surface area contributed by atoms with Gasteiger partial charge in [-0.15, -0.1) is 0 Å². The zero-order chi connectivity index (χ0) is 42.1. The van der Waals surface area contributed by atoms with E-state index in [1.807, 2.05) is 0 Å². The van der Waals surface area contributed by atoms with Crippen LogP contribution < -0.4 is 4.90 Å². The van der Waals surface area contributed by atoms with Crippen LogP contribution in [-0.2, 0) is 5.41 Å². The zero-order valence-electron chi connectivity index (χ0n) is 35.3. The molecule has 12 rings (SSSR count). The topological polar surface area (TPSA) is 8.17 Å². The van der Waals surface area contributed by atoms with Crippen molar-refractivity contribution in [3.63, 3.8) is 0 Å². The van der Waals surface area contributed by atoms with Crippen LogP contribution in [0, 0.1) is 0 Å². The van der Waals surface area contributed by atoms with Crippen LogP contribution in [0.25, 0.3) is 82.8 Å². The molecule has 2 heteroatoms. The van der Waals surface area contributed by atoms with E-state index in [-0.39, 0.29) is 5.41 Å². The van der Waals surface area contributed by atoms with Crippen molar-refractivity contribution in [3.8, 4) is 50.2 Å². The summed E-state index contributed by atoms with van der Waals surface area (Å²) in [5.74, 6) is 0. The quantitative estimate of drug-likeness (QED) is 0.156. The molecule has 0 fully saturated rings. The second-order valence-electron chi connectivity index (χ2n) is 17.3. The lowest BCUT2D eigenvalue weighted by molar-refractivity contribution is 0.660. The summed E-state index contributed by atoms with van der Waals surface area (Å²) >= 11 is 0. The molecule has 63 heavy (non-hydrogen) atoms. The zero-order valence-corrected chi connectivity index (χ0v) is 35.3. The predicted octanol–water partition coefficient (Wildman–Crippen LogP) is 16.7. The van der Waals surface area contributed by atoms with Gasteiger partial charge in [-0.25, -0.2) is 0 Å². The summed E-state index contributed by atoms with van der Waals surface area (Å²) in [6.45, 7) is 4.73. The van der Waals surface area contributed by atoms with E-state index in [9.17, 15) is 0 Å². The first-order chi connectivity index (χ1) is 31.0. The minimum Gasteiger partial charge on any atom is -0.310 e. The van der Waals surface area contributed by atoms with Gasteiger partial charge < -0.3 is 9.47 Å². The van der Waals surface area contributed by atoms with Crippen LogP contribution in [0.15, 0.2) is 231 Å². The van der Waals surface area contributed by atoms with Gasteiger partial charge in [0.1, 0.15) is 0 Å². The average Bonchev–Trinajstić information content (AvgIpc) is 3.80. The first kappa shape index (κ1) is 36.9. The summed E-state index contributed by atoms with van der Waals surface area (Å²) in [6, 6.07) is 84.6. The minimum absolute atomic E-state index is 0.140. The summed E-state index contributed by atoms with van der Waals surface area (Å²) in [4.78, 5) is 2.49. The molecular formula is C61H44N2. The summed E-state index contributed by atoms with van der Waals surface area (Å²) in [7, 11) is 0. The molecule has 0 amide bonds. The van der Waals surface area contributed by atoms with Gasteiger partial charge in [-0.3, -0.25) is 0 Å². The lowest BCUT2D eigenvalue weighted by atomic mass is 9.82. The number of para-hydroxylation sites is 1. The highest BCUT2D eigenvalue weighted by Crippen LogP contribution is 2.52. The number of rotatable bonds is 7. The second kappa shape index (κ2) is 14.6. The van der Waals surface area contributed by atoms with E-state index < -0.39 is 0 Å². The van der Waals surface area contributed by atoms with E-state index >= 15 is 0 Å². The fraction of sp³-hybridized carbons (Fsp3) is 0.0492. The number of nitrogens with zero attached hydrogens (tertiary/aromatic N) is 2. The monoisotopic (exact) mass is 804 g/mol. The third kappa shape index (κ3) is 6.02. The maximum absolute atomic E-state index is 2.49. The first-order valence-corrected chi connectivity index (χ1v) is 21.9. The Kier molecular flexibility index (Phi) is 8.55. The van der Waals surface area contributed by atoms with Gasteiger partial charge in [0.05, 0.1) is 16.7 Å². The molecule has 0 radical (unpaired) electrons. The maximum atomic E-state index is 2.49. The molecule has 11 aromatic rings. The highest BCUT2D eigenvalue weighted by Gasteiger charge is 2.36. The van der Waals surface area contributed by atoms with Crippen molar-refractivity contribution in [3.05, 3.63) is 242 Å². The minimum atomic E-state index is -0.140. The molecule has 0 bridgehead atoms.